The van der Waals surface area contributed by atoms with Gasteiger partial charge in [-0.25, -0.2) is 9.97 Å². The van der Waals surface area contributed by atoms with Gasteiger partial charge in [0.2, 0.25) is 0 Å². The number of carbonyl (C=O) groups excluding carboxylic acids is 1. The lowest BCUT2D eigenvalue weighted by atomic mass is 10.0. The Kier molecular flexibility index (Phi) is 4.63. The van der Waals surface area contributed by atoms with Gasteiger partial charge in [0.1, 0.15) is 28.0 Å². The molecule has 2 heterocycles. The van der Waals surface area contributed by atoms with Crippen molar-refractivity contribution in [1.82, 2.24) is 14.4 Å². The van der Waals surface area contributed by atoms with E-state index in [1.54, 1.807) is 43.3 Å². The molecule has 2 aromatic heterocycles. The minimum atomic E-state index is -2.54. The van der Waals surface area contributed by atoms with Gasteiger partial charge in [-0.05, 0) is 49.2 Å². The maximum Gasteiger partial charge on any atom is 0.257 e. The summed E-state index contributed by atoms with van der Waals surface area (Å²) in [5.41, 5.74) is 8.67. The largest absolute Gasteiger partial charge is 0.382 e. The Hall–Kier alpha value is -3.13. The van der Waals surface area contributed by atoms with Gasteiger partial charge in [0.05, 0.1) is 6.20 Å². The summed E-state index contributed by atoms with van der Waals surface area (Å²) in [4.78, 5) is 20.9. The highest BCUT2D eigenvalue weighted by molar-refractivity contribution is 6.30. The number of benzene rings is 2. The van der Waals surface area contributed by atoms with Crippen LogP contribution >= 0.6 is 23.2 Å². The average Bonchev–Trinajstić information content (AvgIpc) is 3.18. The second kappa shape index (κ2) is 8.19. The van der Waals surface area contributed by atoms with Crippen molar-refractivity contribution in [2.45, 2.75) is 19.9 Å². The molecule has 4 aromatic rings. The van der Waals surface area contributed by atoms with E-state index in [4.69, 9.17) is 33.0 Å². The number of aromatic nitrogens is 3. The number of rotatable bonds is 4. The fraction of sp³-hybridized carbons (Fsp3) is 0.136. The molecule has 158 valence electrons. The Morgan fingerprint density at radius 2 is 2.10 bits per heavy atom. The van der Waals surface area contributed by atoms with E-state index in [1.165, 1.54) is 16.7 Å². The molecule has 0 saturated heterocycles. The first kappa shape index (κ1) is 17.5. The van der Waals surface area contributed by atoms with Crippen LogP contribution in [0.3, 0.4) is 0 Å². The van der Waals surface area contributed by atoms with Crippen LogP contribution in [0.2, 0.25) is 10.2 Å². The van der Waals surface area contributed by atoms with Crippen LogP contribution < -0.4 is 11.1 Å². The number of hydrogen-bond acceptors (Lipinski definition) is 5. The lowest BCUT2D eigenvalue weighted by Gasteiger charge is -2.13. The number of nitrogens with one attached hydrogen (secondary N) is 1. The SMILES string of the molecule is [2H]C([2H])([2H])c1nc(-c2ccc(NC(=O)[C@H](O)c3cccc(Cl)c3)cc2C)c2c(N)ncc(Cl)n12. The van der Waals surface area contributed by atoms with Gasteiger partial charge in [-0.3, -0.25) is 9.20 Å². The number of aliphatic hydroxyl groups excluding tert-OH is 1. The lowest BCUT2D eigenvalue weighted by Crippen LogP contribution is -2.20. The third kappa shape index (κ3) is 3.95. The minimum absolute atomic E-state index is 0.0608. The van der Waals surface area contributed by atoms with Crippen LogP contribution in [-0.2, 0) is 4.79 Å². The van der Waals surface area contributed by atoms with Gasteiger partial charge in [-0.15, -0.1) is 0 Å². The molecule has 1 amide bonds. The third-order valence-corrected chi connectivity index (χ3v) is 5.31. The quantitative estimate of drug-likeness (QED) is 0.415. The number of aliphatic hydroxyl groups is 1. The van der Waals surface area contributed by atoms with Crippen molar-refractivity contribution in [2.75, 3.05) is 11.1 Å². The van der Waals surface area contributed by atoms with Crippen molar-refractivity contribution in [3.63, 3.8) is 0 Å². The number of nitrogen functional groups attached to an aromatic ring is 1. The van der Waals surface area contributed by atoms with Gasteiger partial charge in [-0.1, -0.05) is 41.4 Å². The van der Waals surface area contributed by atoms with E-state index in [1.807, 2.05) is 0 Å². The molecule has 7 nitrogen and oxygen atoms in total. The molecule has 31 heavy (non-hydrogen) atoms. The molecule has 1 atom stereocenters. The molecule has 2 aromatic carbocycles. The van der Waals surface area contributed by atoms with Gasteiger partial charge in [0.15, 0.2) is 6.10 Å². The molecule has 0 radical (unpaired) electrons. The monoisotopic (exact) mass is 458 g/mol. The number of halogens is 2. The van der Waals surface area contributed by atoms with Crippen LogP contribution in [0.4, 0.5) is 11.5 Å². The first-order chi connectivity index (χ1) is 16.0. The number of carbonyl (C=O) groups is 1. The number of nitrogens with zero attached hydrogens (tertiary/aromatic N) is 3. The van der Waals surface area contributed by atoms with Crippen LogP contribution in [0.15, 0.2) is 48.7 Å². The number of imidazole rings is 1. The molecule has 0 spiro atoms. The van der Waals surface area contributed by atoms with Crippen molar-refractivity contribution < 1.29 is 14.0 Å². The summed E-state index contributed by atoms with van der Waals surface area (Å²) in [6.07, 6.45) is -0.146. The molecular weight excluding hydrogens is 437 g/mol. The maximum atomic E-state index is 12.5. The standard InChI is InChI=1S/C22H19Cl2N5O2/c1-11-8-15(28-22(31)20(30)13-4-3-5-14(23)9-13)6-7-16(11)18-19-21(25)26-10-17(24)29(19)12(2)27-18/h3-10,20,30H,1-2H3,(H2,25,26)(H,28,31)/t20-/m1/s1/i2D3. The van der Waals surface area contributed by atoms with E-state index in [9.17, 15) is 9.90 Å². The molecule has 0 bridgehead atoms. The highest BCUT2D eigenvalue weighted by Crippen LogP contribution is 2.33. The molecule has 0 aliphatic carbocycles. The highest BCUT2D eigenvalue weighted by Gasteiger charge is 2.20. The predicted octanol–water partition coefficient (Wildman–Crippen LogP) is 4.57. The molecule has 0 unspecified atom stereocenters. The van der Waals surface area contributed by atoms with Crippen LogP contribution in [0.5, 0.6) is 0 Å². The van der Waals surface area contributed by atoms with E-state index in [2.05, 4.69) is 15.3 Å². The molecule has 4 N–H and O–H groups in total. The second-order valence-electron chi connectivity index (χ2n) is 6.91. The zero-order chi connectivity index (χ0) is 24.8. The number of anilines is 2. The van der Waals surface area contributed by atoms with E-state index in [0.717, 1.165) is 0 Å². The van der Waals surface area contributed by atoms with Crippen molar-refractivity contribution >= 4 is 46.1 Å². The highest BCUT2D eigenvalue weighted by atomic mass is 35.5. The Bertz CT molecular complexity index is 1420. The molecule has 0 aliphatic rings. The second-order valence-corrected chi connectivity index (χ2v) is 7.73. The average molecular weight is 459 g/mol. The first-order valence-corrected chi connectivity index (χ1v) is 9.91. The van der Waals surface area contributed by atoms with E-state index >= 15 is 0 Å². The summed E-state index contributed by atoms with van der Waals surface area (Å²) >= 11 is 12.2. The van der Waals surface area contributed by atoms with E-state index < -0.39 is 18.9 Å². The zero-order valence-corrected chi connectivity index (χ0v) is 17.7. The molecule has 0 saturated carbocycles. The fourth-order valence-electron chi connectivity index (χ4n) is 3.34. The topological polar surface area (TPSA) is 106 Å². The van der Waals surface area contributed by atoms with Crippen molar-refractivity contribution in [1.29, 1.82) is 0 Å². The molecular formula is C22H19Cl2N5O2. The Morgan fingerprint density at radius 1 is 1.29 bits per heavy atom. The molecule has 4 rings (SSSR count). The van der Waals surface area contributed by atoms with E-state index in [0.29, 0.717) is 33.1 Å². The minimum Gasteiger partial charge on any atom is -0.382 e. The number of nitrogens with two attached hydrogens (primary N) is 1. The van der Waals surface area contributed by atoms with Crippen molar-refractivity contribution in [3.8, 4) is 11.3 Å². The number of aryl methyl sites for hydroxylation is 2. The zero-order valence-electron chi connectivity index (χ0n) is 19.2. The summed E-state index contributed by atoms with van der Waals surface area (Å²) in [7, 11) is 0. The molecule has 0 aliphatic heterocycles. The van der Waals surface area contributed by atoms with Crippen molar-refractivity contribution in [3.05, 3.63) is 75.8 Å². The van der Waals surface area contributed by atoms with Gasteiger partial charge < -0.3 is 16.2 Å². The maximum absolute atomic E-state index is 12.5. The Morgan fingerprint density at radius 3 is 2.81 bits per heavy atom. The van der Waals surface area contributed by atoms with Crippen LogP contribution in [0.25, 0.3) is 16.8 Å². The number of amides is 1. The van der Waals surface area contributed by atoms with Crippen molar-refractivity contribution in [2.24, 2.45) is 0 Å². The van der Waals surface area contributed by atoms with Crippen LogP contribution in [0, 0.1) is 13.8 Å². The summed E-state index contributed by atoms with van der Waals surface area (Å²) in [6.45, 7) is -0.774. The summed E-state index contributed by atoms with van der Waals surface area (Å²) in [5.74, 6) is -0.798. The first-order valence-electron chi connectivity index (χ1n) is 10.7. The van der Waals surface area contributed by atoms with Crippen LogP contribution in [0.1, 0.15) is 27.2 Å². The third-order valence-electron chi connectivity index (χ3n) is 4.81. The normalized spacial score (nSPS) is 14.0. The lowest BCUT2D eigenvalue weighted by molar-refractivity contribution is -0.124. The van der Waals surface area contributed by atoms with Gasteiger partial charge >= 0.3 is 0 Å². The Balaban J connectivity index is 1.71. The van der Waals surface area contributed by atoms with Crippen LogP contribution in [-0.4, -0.2) is 25.4 Å². The summed E-state index contributed by atoms with van der Waals surface area (Å²) in [6, 6.07) is 11.3. The number of hydrogen-bond donors (Lipinski definition) is 3. The smallest absolute Gasteiger partial charge is 0.257 e. The molecule has 9 heteroatoms. The van der Waals surface area contributed by atoms with Gasteiger partial charge in [-0.2, -0.15) is 0 Å². The van der Waals surface area contributed by atoms with Gasteiger partial charge in [0.25, 0.3) is 5.91 Å². The molecule has 0 fully saturated rings. The predicted molar refractivity (Wildman–Crippen MR) is 122 cm³/mol. The van der Waals surface area contributed by atoms with E-state index in [-0.39, 0.29) is 22.3 Å². The van der Waals surface area contributed by atoms with Gasteiger partial charge in [0, 0.05) is 20.4 Å². The summed E-state index contributed by atoms with van der Waals surface area (Å²) in [5, 5.41) is 13.5. The number of fused-ring (bicyclic) bond motifs is 1. The fourth-order valence-corrected chi connectivity index (χ4v) is 3.75. The Labute approximate surface area is 192 Å². The summed E-state index contributed by atoms with van der Waals surface area (Å²) < 4.78 is 24.8.